The van der Waals surface area contributed by atoms with Gasteiger partial charge < -0.3 is 9.47 Å². The molecule has 0 bridgehead atoms. The first-order valence-corrected chi connectivity index (χ1v) is 17.2. The summed E-state index contributed by atoms with van der Waals surface area (Å²) in [6.07, 6.45) is 9.50. The summed E-state index contributed by atoms with van der Waals surface area (Å²) >= 11 is -2.74. The van der Waals surface area contributed by atoms with Gasteiger partial charge in [-0.1, -0.05) is 89.8 Å². The second kappa shape index (κ2) is 12.8. The van der Waals surface area contributed by atoms with E-state index in [0.717, 1.165) is 59.4 Å². The monoisotopic (exact) mass is 588 g/mol. The molecular weight excluding hydrogens is 544 g/mol. The van der Waals surface area contributed by atoms with Crippen LogP contribution in [-0.4, -0.2) is 33.8 Å². The number of epoxide rings is 2. The van der Waals surface area contributed by atoms with Crippen molar-refractivity contribution in [1.29, 1.82) is 0 Å². The molecule has 0 radical (unpaired) electrons. The maximum atomic E-state index is 12.3. The molecule has 4 aliphatic heterocycles. The summed E-state index contributed by atoms with van der Waals surface area (Å²) in [5, 5.41) is 0. The Kier molecular flexibility index (Phi) is 9.65. The SMILES string of the molecule is CCCC[C@]1(CC)COS(=O)c2ccccc2[C@@H]2O[C@@H]21.CCCC[C@]1(CC)COS(=O)c2ccccc2[C@H]2O[C@H]21. The zero-order valence-electron chi connectivity index (χ0n) is 24.3. The van der Waals surface area contributed by atoms with Gasteiger partial charge in [0.2, 0.25) is 0 Å². The van der Waals surface area contributed by atoms with Crippen LogP contribution < -0.4 is 0 Å². The van der Waals surface area contributed by atoms with Crippen molar-refractivity contribution in [2.75, 3.05) is 13.2 Å². The lowest BCUT2D eigenvalue weighted by molar-refractivity contribution is 0.0957. The van der Waals surface area contributed by atoms with Gasteiger partial charge in [-0.25, -0.2) is 8.42 Å². The minimum atomic E-state index is -1.37. The Bertz CT molecular complexity index is 1130. The minimum Gasteiger partial charge on any atom is -0.364 e. The molecule has 8 heteroatoms. The van der Waals surface area contributed by atoms with E-state index in [1.165, 1.54) is 12.8 Å². The molecule has 2 saturated heterocycles. The number of rotatable bonds is 8. The molecule has 6 nitrogen and oxygen atoms in total. The molecule has 6 rings (SSSR count). The summed E-state index contributed by atoms with van der Waals surface area (Å²) in [7, 11) is 0. The highest BCUT2D eigenvalue weighted by Gasteiger charge is 2.57. The Labute approximate surface area is 244 Å². The molecule has 0 spiro atoms. The third-order valence-corrected chi connectivity index (χ3v) is 11.5. The fourth-order valence-electron chi connectivity index (χ4n) is 6.44. The van der Waals surface area contributed by atoms with Crippen molar-refractivity contribution in [2.45, 2.75) is 113 Å². The highest BCUT2D eigenvalue weighted by Crippen LogP contribution is 2.56. The molecule has 0 N–H and O–H groups in total. The van der Waals surface area contributed by atoms with E-state index < -0.39 is 22.2 Å². The molecule has 0 saturated carbocycles. The van der Waals surface area contributed by atoms with E-state index in [1.54, 1.807) is 0 Å². The number of unbranched alkanes of at least 4 members (excludes halogenated alkanes) is 2. The number of hydrogen-bond donors (Lipinski definition) is 0. The summed E-state index contributed by atoms with van der Waals surface area (Å²) in [5.74, 6) is 0. The van der Waals surface area contributed by atoms with Crippen molar-refractivity contribution in [3.05, 3.63) is 59.7 Å². The van der Waals surface area contributed by atoms with Crippen molar-refractivity contribution < 1.29 is 26.3 Å². The van der Waals surface area contributed by atoms with Crippen LogP contribution in [0.25, 0.3) is 0 Å². The summed E-state index contributed by atoms with van der Waals surface area (Å²) in [6, 6.07) is 15.6. The molecule has 0 aromatic heterocycles. The number of fused-ring (bicyclic) bond motifs is 6. The molecule has 220 valence electrons. The van der Waals surface area contributed by atoms with Crippen LogP contribution in [0.5, 0.6) is 0 Å². The Morgan fingerprint density at radius 3 is 1.45 bits per heavy atom. The molecule has 2 aromatic rings. The fraction of sp³-hybridized carbons (Fsp3) is 0.625. The van der Waals surface area contributed by atoms with Crippen LogP contribution in [0.15, 0.2) is 58.3 Å². The van der Waals surface area contributed by atoms with Crippen molar-refractivity contribution in [3.63, 3.8) is 0 Å². The van der Waals surface area contributed by atoms with E-state index >= 15 is 0 Å². The van der Waals surface area contributed by atoms with Crippen molar-refractivity contribution in [1.82, 2.24) is 0 Å². The second-order valence-electron chi connectivity index (χ2n) is 11.7. The fourth-order valence-corrected chi connectivity index (χ4v) is 8.51. The van der Waals surface area contributed by atoms with Gasteiger partial charge in [0.1, 0.15) is 12.2 Å². The van der Waals surface area contributed by atoms with Gasteiger partial charge in [0.15, 0.2) is 22.2 Å². The zero-order valence-corrected chi connectivity index (χ0v) is 25.9. The average molecular weight is 589 g/mol. The van der Waals surface area contributed by atoms with Crippen LogP contribution in [0, 0.1) is 10.8 Å². The molecule has 4 aliphatic rings. The summed E-state index contributed by atoms with van der Waals surface area (Å²) in [5.41, 5.74) is 2.13. The van der Waals surface area contributed by atoms with Gasteiger partial charge in [0.05, 0.1) is 35.2 Å². The lowest BCUT2D eigenvalue weighted by Crippen LogP contribution is -2.34. The average Bonchev–Trinajstić information content (AvgIpc) is 3.92. The van der Waals surface area contributed by atoms with Gasteiger partial charge in [-0.15, -0.1) is 0 Å². The molecule has 0 aliphatic carbocycles. The van der Waals surface area contributed by atoms with Gasteiger partial charge in [-0.05, 0) is 37.8 Å². The quantitative estimate of drug-likeness (QED) is 0.297. The van der Waals surface area contributed by atoms with Gasteiger partial charge in [0, 0.05) is 22.0 Å². The zero-order chi connectivity index (χ0) is 28.3. The van der Waals surface area contributed by atoms with Crippen LogP contribution in [0.2, 0.25) is 0 Å². The van der Waals surface area contributed by atoms with E-state index in [-0.39, 0.29) is 35.2 Å². The van der Waals surface area contributed by atoms with Crippen molar-refractivity contribution in [3.8, 4) is 0 Å². The Hall–Kier alpha value is -1.42. The predicted octanol–water partition coefficient (Wildman–Crippen LogP) is 7.53. The summed E-state index contributed by atoms with van der Waals surface area (Å²) in [6.45, 7) is 9.84. The first-order valence-electron chi connectivity index (χ1n) is 15.0. The van der Waals surface area contributed by atoms with E-state index in [4.69, 9.17) is 17.8 Å². The molecule has 2 fully saturated rings. The minimum absolute atomic E-state index is 0.0177. The van der Waals surface area contributed by atoms with E-state index in [9.17, 15) is 8.42 Å². The predicted molar refractivity (Wildman–Crippen MR) is 157 cm³/mol. The third kappa shape index (κ3) is 5.90. The molecule has 8 atom stereocenters. The maximum Gasteiger partial charge on any atom is 0.189 e. The normalized spacial score (nSPS) is 35.6. The lowest BCUT2D eigenvalue weighted by Gasteiger charge is -2.32. The lowest BCUT2D eigenvalue weighted by atomic mass is 9.76. The standard InChI is InChI=1S/2C16H22O3S/c2*1-3-5-10-16(4-2)11-18-20(17)13-9-7-6-8-12(13)14-15(16)19-14/h2*6-9,14-15H,3-5,10-11H2,1-2H3/t14-,15-,16+,20?;14-,15-,16-,20?/m01/s1. The summed E-state index contributed by atoms with van der Waals surface area (Å²) in [4.78, 5) is 1.56. The second-order valence-corrected chi connectivity index (χ2v) is 14.0. The van der Waals surface area contributed by atoms with Crippen LogP contribution in [0.3, 0.4) is 0 Å². The molecule has 0 amide bonds. The number of benzene rings is 2. The van der Waals surface area contributed by atoms with Gasteiger partial charge in [-0.2, -0.15) is 0 Å². The number of hydrogen-bond acceptors (Lipinski definition) is 6. The summed E-state index contributed by atoms with van der Waals surface area (Å²) < 4.78 is 48.1. The van der Waals surface area contributed by atoms with Gasteiger partial charge >= 0.3 is 0 Å². The Morgan fingerprint density at radius 1 is 0.675 bits per heavy atom. The van der Waals surface area contributed by atoms with Crippen LogP contribution in [0.4, 0.5) is 0 Å². The Morgan fingerprint density at radius 2 is 1.07 bits per heavy atom. The van der Waals surface area contributed by atoms with Crippen LogP contribution >= 0.6 is 0 Å². The topological polar surface area (TPSA) is 77.7 Å². The van der Waals surface area contributed by atoms with Gasteiger partial charge in [-0.3, -0.25) is 8.37 Å². The van der Waals surface area contributed by atoms with Crippen LogP contribution in [0.1, 0.15) is 102 Å². The molecule has 4 heterocycles. The van der Waals surface area contributed by atoms with Crippen molar-refractivity contribution >= 4 is 22.2 Å². The first-order chi connectivity index (χ1) is 19.4. The highest BCUT2D eigenvalue weighted by atomic mass is 32.2. The van der Waals surface area contributed by atoms with E-state index in [1.807, 2.05) is 48.5 Å². The third-order valence-electron chi connectivity index (χ3n) is 9.37. The highest BCUT2D eigenvalue weighted by molar-refractivity contribution is 7.80. The van der Waals surface area contributed by atoms with E-state index in [2.05, 4.69) is 27.7 Å². The smallest absolute Gasteiger partial charge is 0.189 e. The first kappa shape index (κ1) is 30.1. The Balaban J connectivity index is 0.000000161. The molecule has 2 aromatic carbocycles. The van der Waals surface area contributed by atoms with Gasteiger partial charge in [0.25, 0.3) is 0 Å². The van der Waals surface area contributed by atoms with Crippen molar-refractivity contribution in [2.24, 2.45) is 10.8 Å². The molecule has 40 heavy (non-hydrogen) atoms. The molecule has 2 unspecified atom stereocenters. The maximum absolute atomic E-state index is 12.3. The number of ether oxygens (including phenoxy) is 2. The molecular formula is C32H44O6S2. The largest absolute Gasteiger partial charge is 0.364 e. The van der Waals surface area contributed by atoms with Crippen LogP contribution in [-0.2, 0) is 40.0 Å². The van der Waals surface area contributed by atoms with E-state index in [0.29, 0.717) is 13.2 Å².